The number of nitrogens with one attached hydrogen (secondary N) is 3. The van der Waals surface area contributed by atoms with Crippen molar-refractivity contribution in [2.75, 3.05) is 49.8 Å². The van der Waals surface area contributed by atoms with Gasteiger partial charge in [0, 0.05) is 44.1 Å². The van der Waals surface area contributed by atoms with E-state index < -0.39 is 11.8 Å². The van der Waals surface area contributed by atoms with Gasteiger partial charge in [-0.15, -0.1) is 0 Å². The molecule has 8 heteroatoms. The summed E-state index contributed by atoms with van der Waals surface area (Å²) in [5, 5.41) is 7.98. The zero-order valence-corrected chi connectivity index (χ0v) is 19.1. The first-order valence-corrected chi connectivity index (χ1v) is 10.7. The van der Waals surface area contributed by atoms with Crippen LogP contribution < -0.4 is 20.9 Å². The number of rotatable bonds is 6. The van der Waals surface area contributed by atoms with Crippen molar-refractivity contribution in [3.8, 4) is 0 Å². The SMILES string of the molecule is CC(=O)Nc1ccc(NC(=O)C(=O)NC[C@@H](c2ccc3c(c2)CCCN3C)N(C)C)cc1. The standard InChI is InChI=1S/C24H31N5O3/c1-16(30)26-19-8-10-20(11-9-19)27-24(32)23(31)25-15-22(28(2)3)18-7-12-21-17(14-18)6-5-13-29(21)4/h7-12,14,22H,5-6,13,15H2,1-4H3,(H,25,31)(H,26,30)(H,27,32)/t22-/m0/s1. The Hall–Kier alpha value is -3.39. The second kappa shape index (κ2) is 10.3. The third-order valence-corrected chi connectivity index (χ3v) is 5.59. The lowest BCUT2D eigenvalue weighted by Gasteiger charge is -2.30. The quantitative estimate of drug-likeness (QED) is 0.604. The Morgan fingerprint density at radius 2 is 1.66 bits per heavy atom. The molecule has 170 valence electrons. The monoisotopic (exact) mass is 437 g/mol. The van der Waals surface area contributed by atoms with Crippen LogP contribution in [0.5, 0.6) is 0 Å². The predicted molar refractivity (Wildman–Crippen MR) is 127 cm³/mol. The number of carbonyl (C=O) groups is 3. The van der Waals surface area contributed by atoms with Gasteiger partial charge in [-0.2, -0.15) is 0 Å². The van der Waals surface area contributed by atoms with E-state index in [1.54, 1.807) is 24.3 Å². The van der Waals surface area contributed by atoms with Crippen LogP contribution in [0.2, 0.25) is 0 Å². The minimum atomic E-state index is -0.734. The fraction of sp³-hybridized carbons (Fsp3) is 0.375. The van der Waals surface area contributed by atoms with Gasteiger partial charge < -0.3 is 25.8 Å². The Bertz CT molecular complexity index is 988. The fourth-order valence-corrected chi connectivity index (χ4v) is 3.91. The molecule has 0 unspecified atom stereocenters. The maximum atomic E-state index is 12.4. The van der Waals surface area contributed by atoms with Crippen molar-refractivity contribution in [2.45, 2.75) is 25.8 Å². The Balaban J connectivity index is 1.60. The zero-order chi connectivity index (χ0) is 23.3. The van der Waals surface area contributed by atoms with Crippen LogP contribution in [0.25, 0.3) is 0 Å². The molecule has 0 aliphatic carbocycles. The van der Waals surface area contributed by atoms with Gasteiger partial charge in [-0.05, 0) is 68.4 Å². The van der Waals surface area contributed by atoms with Crippen LogP contribution in [-0.4, -0.2) is 56.9 Å². The van der Waals surface area contributed by atoms with Crippen LogP contribution >= 0.6 is 0 Å². The van der Waals surface area contributed by atoms with Gasteiger partial charge in [0.25, 0.3) is 0 Å². The first-order chi connectivity index (χ1) is 15.2. The molecule has 1 aliphatic heterocycles. The minimum Gasteiger partial charge on any atom is -0.374 e. The summed E-state index contributed by atoms with van der Waals surface area (Å²) in [5.41, 5.74) is 4.77. The maximum absolute atomic E-state index is 12.4. The molecule has 32 heavy (non-hydrogen) atoms. The van der Waals surface area contributed by atoms with Crippen LogP contribution in [0.1, 0.15) is 30.5 Å². The van der Waals surface area contributed by atoms with E-state index in [0.29, 0.717) is 17.9 Å². The second-order valence-corrected chi connectivity index (χ2v) is 8.32. The summed E-state index contributed by atoms with van der Waals surface area (Å²) in [6.07, 6.45) is 2.17. The van der Waals surface area contributed by atoms with Crippen molar-refractivity contribution in [3.05, 3.63) is 53.6 Å². The van der Waals surface area contributed by atoms with Gasteiger partial charge in [-0.25, -0.2) is 0 Å². The van der Waals surface area contributed by atoms with Crippen LogP contribution in [0.4, 0.5) is 17.1 Å². The van der Waals surface area contributed by atoms with Crippen LogP contribution in [-0.2, 0) is 20.8 Å². The molecule has 8 nitrogen and oxygen atoms in total. The summed E-state index contributed by atoms with van der Waals surface area (Å²) in [4.78, 5) is 40.1. The number of nitrogens with zero attached hydrogens (tertiary/aromatic N) is 2. The van der Waals surface area contributed by atoms with Crippen LogP contribution in [0.3, 0.4) is 0 Å². The van der Waals surface area contributed by atoms with Gasteiger partial charge in [0.2, 0.25) is 5.91 Å². The minimum absolute atomic E-state index is 0.0544. The van der Waals surface area contributed by atoms with Crippen molar-refractivity contribution in [1.82, 2.24) is 10.2 Å². The third kappa shape index (κ3) is 5.85. The lowest BCUT2D eigenvalue weighted by molar-refractivity contribution is -0.136. The third-order valence-electron chi connectivity index (χ3n) is 5.59. The normalized spacial score (nSPS) is 13.8. The summed E-state index contributed by atoms with van der Waals surface area (Å²) in [6, 6.07) is 13.0. The molecule has 1 atom stereocenters. The summed E-state index contributed by atoms with van der Waals surface area (Å²) in [6.45, 7) is 2.80. The molecule has 0 aromatic heterocycles. The van der Waals surface area contributed by atoms with E-state index in [1.165, 1.54) is 18.2 Å². The fourth-order valence-electron chi connectivity index (χ4n) is 3.91. The molecule has 0 saturated carbocycles. The van der Waals surface area contributed by atoms with Gasteiger partial charge in [-0.1, -0.05) is 12.1 Å². The predicted octanol–water partition coefficient (Wildman–Crippen LogP) is 2.38. The summed E-state index contributed by atoms with van der Waals surface area (Å²) < 4.78 is 0. The highest BCUT2D eigenvalue weighted by atomic mass is 16.2. The first kappa shape index (κ1) is 23.3. The Morgan fingerprint density at radius 3 is 2.28 bits per heavy atom. The number of hydrogen-bond acceptors (Lipinski definition) is 5. The lowest BCUT2D eigenvalue weighted by atomic mass is 9.96. The number of hydrogen-bond donors (Lipinski definition) is 3. The number of aryl methyl sites for hydroxylation is 1. The molecule has 0 bridgehead atoms. The molecule has 1 aliphatic rings. The van der Waals surface area contributed by atoms with Gasteiger partial charge >= 0.3 is 11.8 Å². The van der Waals surface area contributed by atoms with E-state index in [9.17, 15) is 14.4 Å². The van der Waals surface area contributed by atoms with Gasteiger partial charge in [0.15, 0.2) is 0 Å². The number of fused-ring (bicyclic) bond motifs is 1. The van der Waals surface area contributed by atoms with Crippen LogP contribution in [0.15, 0.2) is 42.5 Å². The van der Waals surface area contributed by atoms with Gasteiger partial charge in [0.1, 0.15) is 0 Å². The average Bonchev–Trinajstić information content (AvgIpc) is 2.74. The molecular formula is C24H31N5O3. The van der Waals surface area contributed by atoms with Crippen molar-refractivity contribution < 1.29 is 14.4 Å². The maximum Gasteiger partial charge on any atom is 0.313 e. The molecule has 0 saturated heterocycles. The lowest BCUT2D eigenvalue weighted by Crippen LogP contribution is -2.40. The molecule has 0 fully saturated rings. The Kier molecular flexibility index (Phi) is 7.48. The summed E-state index contributed by atoms with van der Waals surface area (Å²) >= 11 is 0. The highest BCUT2D eigenvalue weighted by Crippen LogP contribution is 2.29. The topological polar surface area (TPSA) is 93.8 Å². The number of likely N-dealkylation sites (N-methyl/N-ethyl adjacent to an activating group) is 1. The molecular weight excluding hydrogens is 406 g/mol. The highest BCUT2D eigenvalue weighted by molar-refractivity contribution is 6.39. The van der Waals surface area contributed by atoms with E-state index in [-0.39, 0.29) is 11.9 Å². The average molecular weight is 438 g/mol. The molecule has 3 rings (SSSR count). The van der Waals surface area contributed by atoms with Crippen molar-refractivity contribution in [1.29, 1.82) is 0 Å². The summed E-state index contributed by atoms with van der Waals surface area (Å²) in [5.74, 6) is -1.61. The van der Waals surface area contributed by atoms with Crippen molar-refractivity contribution in [3.63, 3.8) is 0 Å². The molecule has 0 spiro atoms. The van der Waals surface area contributed by atoms with Crippen molar-refractivity contribution in [2.24, 2.45) is 0 Å². The smallest absolute Gasteiger partial charge is 0.313 e. The van der Waals surface area contributed by atoms with E-state index in [4.69, 9.17) is 0 Å². The molecule has 0 radical (unpaired) electrons. The summed E-state index contributed by atoms with van der Waals surface area (Å²) in [7, 11) is 6.02. The highest BCUT2D eigenvalue weighted by Gasteiger charge is 2.21. The molecule has 2 aromatic carbocycles. The number of amides is 3. The molecule has 3 amide bonds. The van der Waals surface area contributed by atoms with E-state index in [2.05, 4.69) is 46.1 Å². The molecule has 2 aromatic rings. The van der Waals surface area contributed by atoms with Gasteiger partial charge in [-0.3, -0.25) is 14.4 Å². The van der Waals surface area contributed by atoms with Gasteiger partial charge in [0.05, 0.1) is 6.04 Å². The number of benzene rings is 2. The number of anilines is 3. The Morgan fingerprint density at radius 1 is 1.00 bits per heavy atom. The zero-order valence-electron chi connectivity index (χ0n) is 19.1. The van der Waals surface area contributed by atoms with E-state index in [1.807, 2.05) is 19.0 Å². The largest absolute Gasteiger partial charge is 0.374 e. The first-order valence-electron chi connectivity index (χ1n) is 10.7. The van der Waals surface area contributed by atoms with E-state index >= 15 is 0 Å². The molecule has 1 heterocycles. The Labute approximate surface area is 189 Å². The second-order valence-electron chi connectivity index (χ2n) is 8.32. The van der Waals surface area contributed by atoms with Crippen LogP contribution in [0, 0.1) is 0 Å². The van der Waals surface area contributed by atoms with Crippen molar-refractivity contribution >= 4 is 34.8 Å². The number of carbonyl (C=O) groups excluding carboxylic acids is 3. The van der Waals surface area contributed by atoms with E-state index in [0.717, 1.165) is 24.9 Å². The molecule has 3 N–H and O–H groups in total.